The van der Waals surface area contributed by atoms with Gasteiger partial charge in [0.2, 0.25) is 0 Å². The molecule has 0 aliphatic carbocycles. The standard InChI is InChI=1S/C6H12N2O2/c1-5(7-9)3-4-6(2)8-10/h9-10H,3-4H2,1-2H3/b7-5-,8-6+. The van der Waals surface area contributed by atoms with Crippen molar-refractivity contribution >= 4 is 11.4 Å². The van der Waals surface area contributed by atoms with Crippen LogP contribution in [-0.2, 0) is 0 Å². The normalized spacial score (nSPS) is 13.8. The summed E-state index contributed by atoms with van der Waals surface area (Å²) < 4.78 is 0. The summed E-state index contributed by atoms with van der Waals surface area (Å²) in [5.41, 5.74) is 1.28. The molecular weight excluding hydrogens is 132 g/mol. The van der Waals surface area contributed by atoms with Gasteiger partial charge in [-0.05, 0) is 26.7 Å². The minimum absolute atomic E-state index is 0.631. The Morgan fingerprint density at radius 3 is 1.50 bits per heavy atom. The largest absolute Gasteiger partial charge is 0.411 e. The fourth-order valence-electron chi connectivity index (χ4n) is 0.462. The molecule has 0 saturated carbocycles. The molecule has 58 valence electrons. The molecule has 0 aliphatic heterocycles. The van der Waals surface area contributed by atoms with Crippen molar-refractivity contribution in [2.45, 2.75) is 26.7 Å². The van der Waals surface area contributed by atoms with E-state index in [1.165, 1.54) is 0 Å². The molecule has 0 heterocycles. The summed E-state index contributed by atoms with van der Waals surface area (Å²) in [7, 11) is 0. The summed E-state index contributed by atoms with van der Waals surface area (Å²) in [5.74, 6) is 0. The van der Waals surface area contributed by atoms with Crippen molar-refractivity contribution in [3.63, 3.8) is 0 Å². The molecule has 0 rings (SSSR count). The second-order valence-electron chi connectivity index (χ2n) is 2.17. The van der Waals surface area contributed by atoms with Crippen molar-refractivity contribution in [2.75, 3.05) is 0 Å². The van der Waals surface area contributed by atoms with E-state index in [9.17, 15) is 0 Å². The van der Waals surface area contributed by atoms with Crippen molar-refractivity contribution in [3.8, 4) is 0 Å². The first-order valence-electron chi connectivity index (χ1n) is 3.05. The zero-order valence-electron chi connectivity index (χ0n) is 6.20. The summed E-state index contributed by atoms with van der Waals surface area (Å²) >= 11 is 0. The van der Waals surface area contributed by atoms with Gasteiger partial charge in [-0.15, -0.1) is 0 Å². The van der Waals surface area contributed by atoms with Crippen molar-refractivity contribution in [2.24, 2.45) is 10.3 Å². The van der Waals surface area contributed by atoms with Crippen molar-refractivity contribution in [1.82, 2.24) is 0 Å². The van der Waals surface area contributed by atoms with E-state index in [1.54, 1.807) is 13.8 Å². The molecule has 0 aromatic heterocycles. The average molecular weight is 144 g/mol. The first-order chi connectivity index (χ1) is 4.70. The third-order valence-corrected chi connectivity index (χ3v) is 1.19. The lowest BCUT2D eigenvalue weighted by atomic mass is 10.2. The van der Waals surface area contributed by atoms with Crippen LogP contribution in [0, 0.1) is 0 Å². The molecule has 2 N–H and O–H groups in total. The van der Waals surface area contributed by atoms with E-state index >= 15 is 0 Å². The number of hydrogen-bond acceptors (Lipinski definition) is 4. The molecule has 0 spiro atoms. The van der Waals surface area contributed by atoms with Gasteiger partial charge in [-0.25, -0.2) is 0 Å². The summed E-state index contributed by atoms with van der Waals surface area (Å²) in [6.45, 7) is 3.43. The van der Waals surface area contributed by atoms with Crippen LogP contribution < -0.4 is 0 Å². The molecule has 0 bridgehead atoms. The Bertz CT molecular complexity index is 134. The molecule has 0 fully saturated rings. The van der Waals surface area contributed by atoms with Gasteiger partial charge in [0.1, 0.15) is 0 Å². The van der Waals surface area contributed by atoms with E-state index in [0.717, 1.165) is 0 Å². The number of hydrogen-bond donors (Lipinski definition) is 2. The molecular formula is C6H12N2O2. The molecule has 0 atom stereocenters. The Morgan fingerprint density at radius 2 is 1.30 bits per heavy atom. The second kappa shape index (κ2) is 4.78. The Morgan fingerprint density at radius 1 is 1.00 bits per heavy atom. The molecule has 0 aromatic carbocycles. The predicted molar refractivity (Wildman–Crippen MR) is 39.0 cm³/mol. The molecule has 0 amide bonds. The van der Waals surface area contributed by atoms with Crippen molar-refractivity contribution < 1.29 is 10.4 Å². The molecule has 0 radical (unpaired) electrons. The highest BCUT2D eigenvalue weighted by Gasteiger charge is 1.94. The average Bonchev–Trinajstić information content (AvgIpc) is 1.99. The quantitative estimate of drug-likeness (QED) is 0.358. The van der Waals surface area contributed by atoms with E-state index in [0.29, 0.717) is 24.3 Å². The van der Waals surface area contributed by atoms with Crippen LogP contribution in [0.1, 0.15) is 26.7 Å². The maximum Gasteiger partial charge on any atom is 0.0543 e. The maximum atomic E-state index is 8.21. The van der Waals surface area contributed by atoms with Gasteiger partial charge in [0, 0.05) is 0 Å². The molecule has 0 unspecified atom stereocenters. The van der Waals surface area contributed by atoms with E-state index in [-0.39, 0.29) is 0 Å². The zero-order valence-corrected chi connectivity index (χ0v) is 6.20. The van der Waals surface area contributed by atoms with Crippen LogP contribution in [0.2, 0.25) is 0 Å². The van der Waals surface area contributed by atoms with Crippen LogP contribution in [0.5, 0.6) is 0 Å². The number of oxime groups is 2. The summed E-state index contributed by atoms with van der Waals surface area (Å²) in [6.07, 6.45) is 1.26. The van der Waals surface area contributed by atoms with Gasteiger partial charge in [0.25, 0.3) is 0 Å². The molecule has 0 saturated heterocycles. The van der Waals surface area contributed by atoms with Gasteiger partial charge in [-0.3, -0.25) is 0 Å². The second-order valence-corrected chi connectivity index (χ2v) is 2.17. The Hall–Kier alpha value is -1.06. The lowest BCUT2D eigenvalue weighted by Crippen LogP contribution is -1.97. The molecule has 10 heavy (non-hydrogen) atoms. The molecule has 0 aliphatic rings. The van der Waals surface area contributed by atoms with Crippen molar-refractivity contribution in [1.29, 1.82) is 0 Å². The fourth-order valence-corrected chi connectivity index (χ4v) is 0.462. The smallest absolute Gasteiger partial charge is 0.0543 e. The summed E-state index contributed by atoms with van der Waals surface area (Å²) in [5, 5.41) is 22.4. The van der Waals surface area contributed by atoms with Crippen LogP contribution >= 0.6 is 0 Å². The highest BCUT2D eigenvalue weighted by Crippen LogP contribution is 1.94. The zero-order chi connectivity index (χ0) is 7.98. The van der Waals surface area contributed by atoms with Gasteiger partial charge in [-0.1, -0.05) is 10.3 Å². The van der Waals surface area contributed by atoms with Gasteiger partial charge in [-0.2, -0.15) is 0 Å². The molecule has 0 aromatic rings. The number of rotatable bonds is 3. The third-order valence-electron chi connectivity index (χ3n) is 1.19. The highest BCUT2D eigenvalue weighted by molar-refractivity contribution is 5.88. The molecule has 4 nitrogen and oxygen atoms in total. The van der Waals surface area contributed by atoms with E-state index in [2.05, 4.69) is 10.3 Å². The molecule has 4 heteroatoms. The lowest BCUT2D eigenvalue weighted by molar-refractivity contribution is 0.315. The Kier molecular flexibility index (Phi) is 4.28. The predicted octanol–water partition coefficient (Wildman–Crippen LogP) is 1.47. The van der Waals surface area contributed by atoms with Gasteiger partial charge in [0.15, 0.2) is 0 Å². The Balaban J connectivity index is 3.56. The topological polar surface area (TPSA) is 65.2 Å². The minimum atomic E-state index is 0.631. The minimum Gasteiger partial charge on any atom is -0.411 e. The van der Waals surface area contributed by atoms with Crippen LogP contribution in [-0.4, -0.2) is 21.8 Å². The third kappa shape index (κ3) is 3.88. The maximum absolute atomic E-state index is 8.21. The van der Waals surface area contributed by atoms with Gasteiger partial charge >= 0.3 is 0 Å². The summed E-state index contributed by atoms with van der Waals surface area (Å²) in [4.78, 5) is 0. The first kappa shape index (κ1) is 8.94. The van der Waals surface area contributed by atoms with Crippen LogP contribution in [0.25, 0.3) is 0 Å². The number of nitrogens with zero attached hydrogens (tertiary/aromatic N) is 2. The van der Waals surface area contributed by atoms with Crippen LogP contribution in [0.4, 0.5) is 0 Å². The first-order valence-corrected chi connectivity index (χ1v) is 3.05. The van der Waals surface area contributed by atoms with Gasteiger partial charge in [0.05, 0.1) is 11.4 Å². The van der Waals surface area contributed by atoms with E-state index < -0.39 is 0 Å². The van der Waals surface area contributed by atoms with Gasteiger partial charge < -0.3 is 10.4 Å². The van der Waals surface area contributed by atoms with Crippen LogP contribution in [0.15, 0.2) is 10.3 Å². The van der Waals surface area contributed by atoms with Crippen LogP contribution in [0.3, 0.4) is 0 Å². The highest BCUT2D eigenvalue weighted by atomic mass is 16.4. The lowest BCUT2D eigenvalue weighted by Gasteiger charge is -1.95. The SMILES string of the molecule is C/C(CC/C(C)=N/O)=N/O. The summed E-state index contributed by atoms with van der Waals surface area (Å²) in [6, 6.07) is 0. The van der Waals surface area contributed by atoms with E-state index in [4.69, 9.17) is 10.4 Å². The monoisotopic (exact) mass is 144 g/mol. The van der Waals surface area contributed by atoms with Crippen molar-refractivity contribution in [3.05, 3.63) is 0 Å². The fraction of sp³-hybridized carbons (Fsp3) is 0.667. The van der Waals surface area contributed by atoms with E-state index in [1.807, 2.05) is 0 Å². The Labute approximate surface area is 59.9 Å².